The monoisotopic (exact) mass is 296 g/mol. The molecule has 0 saturated heterocycles. The van der Waals surface area contributed by atoms with Crippen molar-refractivity contribution < 1.29 is 13.2 Å². The Labute approximate surface area is 123 Å². The quantitative estimate of drug-likeness (QED) is 0.868. The van der Waals surface area contributed by atoms with Gasteiger partial charge in [-0.3, -0.25) is 0 Å². The van der Waals surface area contributed by atoms with Crippen molar-refractivity contribution in [3.8, 4) is 6.07 Å². The van der Waals surface area contributed by atoms with Crippen LogP contribution in [0.4, 0.5) is 18.9 Å². The Balaban J connectivity index is 2.21. The van der Waals surface area contributed by atoms with Gasteiger partial charge in [-0.25, -0.2) is 0 Å². The van der Waals surface area contributed by atoms with E-state index in [0.29, 0.717) is 17.5 Å². The zero-order valence-corrected chi connectivity index (χ0v) is 12.2. The van der Waals surface area contributed by atoms with Gasteiger partial charge in [0.15, 0.2) is 0 Å². The zero-order valence-electron chi connectivity index (χ0n) is 12.2. The van der Waals surface area contributed by atoms with Crippen molar-refractivity contribution in [2.24, 2.45) is 11.8 Å². The van der Waals surface area contributed by atoms with E-state index in [-0.39, 0.29) is 11.6 Å². The average molecular weight is 296 g/mol. The lowest BCUT2D eigenvalue weighted by Gasteiger charge is -2.22. The molecule has 3 unspecified atom stereocenters. The molecule has 1 N–H and O–H groups in total. The summed E-state index contributed by atoms with van der Waals surface area (Å²) in [6, 6.07) is 5.64. The summed E-state index contributed by atoms with van der Waals surface area (Å²) in [7, 11) is 0. The largest absolute Gasteiger partial charge is 0.417 e. The topological polar surface area (TPSA) is 35.8 Å². The molecule has 0 heterocycles. The van der Waals surface area contributed by atoms with Crippen molar-refractivity contribution in [2.45, 2.75) is 45.3 Å². The summed E-state index contributed by atoms with van der Waals surface area (Å²) in [5.74, 6) is 1.07. The molecule has 1 fully saturated rings. The lowest BCUT2D eigenvalue weighted by Crippen LogP contribution is -2.24. The summed E-state index contributed by atoms with van der Waals surface area (Å²) in [6.45, 7) is 4.29. The Morgan fingerprint density at radius 3 is 2.57 bits per heavy atom. The SMILES string of the molecule is CCC1CCC(Nc2ccc(C#N)c(C(F)(F)F)c2)C1C. The lowest BCUT2D eigenvalue weighted by atomic mass is 9.93. The van der Waals surface area contributed by atoms with Crippen molar-refractivity contribution in [1.29, 1.82) is 5.26 Å². The van der Waals surface area contributed by atoms with Crippen LogP contribution in [0.1, 0.15) is 44.2 Å². The van der Waals surface area contributed by atoms with Gasteiger partial charge in [0.1, 0.15) is 0 Å². The Morgan fingerprint density at radius 1 is 1.33 bits per heavy atom. The van der Waals surface area contributed by atoms with Crippen LogP contribution in [0.2, 0.25) is 0 Å². The summed E-state index contributed by atoms with van der Waals surface area (Å²) < 4.78 is 38.8. The molecule has 0 amide bonds. The number of alkyl halides is 3. The third kappa shape index (κ3) is 3.31. The molecule has 1 aliphatic rings. The summed E-state index contributed by atoms with van der Waals surface area (Å²) in [6.07, 6.45) is -1.32. The molecule has 3 atom stereocenters. The maximum absolute atomic E-state index is 12.9. The summed E-state index contributed by atoms with van der Waals surface area (Å²) in [5.41, 5.74) is -0.762. The molecule has 0 aromatic heterocycles. The fourth-order valence-electron chi connectivity index (χ4n) is 3.21. The van der Waals surface area contributed by atoms with Crippen LogP contribution >= 0.6 is 0 Å². The Hall–Kier alpha value is -1.70. The predicted molar refractivity (Wildman–Crippen MR) is 75.7 cm³/mol. The molecule has 0 bridgehead atoms. The van der Waals surface area contributed by atoms with E-state index in [2.05, 4.69) is 19.2 Å². The first-order valence-electron chi connectivity index (χ1n) is 7.24. The first kappa shape index (κ1) is 15.7. The molecule has 0 radical (unpaired) electrons. The highest BCUT2D eigenvalue weighted by atomic mass is 19.4. The van der Waals surface area contributed by atoms with E-state index in [1.807, 2.05) is 0 Å². The minimum Gasteiger partial charge on any atom is -0.382 e. The predicted octanol–water partition coefficient (Wildman–Crippen LogP) is 4.81. The smallest absolute Gasteiger partial charge is 0.382 e. The van der Waals surface area contributed by atoms with Crippen LogP contribution in [-0.2, 0) is 6.18 Å². The van der Waals surface area contributed by atoms with Crippen LogP contribution in [0.15, 0.2) is 18.2 Å². The zero-order chi connectivity index (χ0) is 15.6. The maximum atomic E-state index is 12.9. The second-order valence-corrected chi connectivity index (χ2v) is 5.73. The van der Waals surface area contributed by atoms with Gasteiger partial charge < -0.3 is 5.32 Å². The normalized spacial score (nSPS) is 25.6. The third-order valence-corrected chi connectivity index (χ3v) is 4.55. The fraction of sp³-hybridized carbons (Fsp3) is 0.562. The molecule has 5 heteroatoms. The van der Waals surface area contributed by atoms with Crippen LogP contribution in [0.25, 0.3) is 0 Å². The van der Waals surface area contributed by atoms with Crippen LogP contribution in [0.3, 0.4) is 0 Å². The first-order valence-corrected chi connectivity index (χ1v) is 7.24. The first-order chi connectivity index (χ1) is 9.86. The van der Waals surface area contributed by atoms with Crippen LogP contribution in [0, 0.1) is 23.2 Å². The number of nitrogens with one attached hydrogen (secondary N) is 1. The van der Waals surface area contributed by atoms with E-state index in [1.54, 1.807) is 12.1 Å². The van der Waals surface area contributed by atoms with E-state index in [4.69, 9.17) is 5.26 Å². The fourth-order valence-corrected chi connectivity index (χ4v) is 3.21. The van der Waals surface area contributed by atoms with Gasteiger partial charge in [0.25, 0.3) is 0 Å². The van der Waals surface area contributed by atoms with Gasteiger partial charge in [0, 0.05) is 11.7 Å². The number of anilines is 1. The number of nitrogens with zero attached hydrogens (tertiary/aromatic N) is 1. The van der Waals surface area contributed by atoms with Crippen molar-refractivity contribution >= 4 is 5.69 Å². The third-order valence-electron chi connectivity index (χ3n) is 4.55. The molecule has 1 aromatic carbocycles. The van der Waals surface area contributed by atoms with Crippen LogP contribution in [-0.4, -0.2) is 6.04 Å². The second-order valence-electron chi connectivity index (χ2n) is 5.73. The average Bonchev–Trinajstić information content (AvgIpc) is 2.78. The lowest BCUT2D eigenvalue weighted by molar-refractivity contribution is -0.137. The number of benzene rings is 1. The van der Waals surface area contributed by atoms with E-state index in [9.17, 15) is 13.2 Å². The molecule has 2 nitrogen and oxygen atoms in total. The maximum Gasteiger partial charge on any atom is 0.417 e. The molecule has 1 aliphatic carbocycles. The Morgan fingerprint density at radius 2 is 2.05 bits per heavy atom. The summed E-state index contributed by atoms with van der Waals surface area (Å²) in [4.78, 5) is 0. The molecule has 1 aromatic rings. The van der Waals surface area contributed by atoms with Crippen LogP contribution in [0.5, 0.6) is 0 Å². The number of halogens is 3. The number of nitriles is 1. The number of hydrogen-bond donors (Lipinski definition) is 1. The molecular formula is C16H19F3N2. The van der Waals surface area contributed by atoms with Crippen molar-refractivity contribution in [3.05, 3.63) is 29.3 Å². The van der Waals surface area contributed by atoms with Gasteiger partial charge >= 0.3 is 6.18 Å². The van der Waals surface area contributed by atoms with Gasteiger partial charge in [-0.1, -0.05) is 20.3 Å². The number of rotatable bonds is 3. The molecule has 0 aliphatic heterocycles. The van der Waals surface area contributed by atoms with E-state index < -0.39 is 11.7 Å². The summed E-state index contributed by atoms with van der Waals surface area (Å²) in [5, 5.41) is 12.0. The highest BCUT2D eigenvalue weighted by Crippen LogP contribution is 2.37. The molecule has 1 saturated carbocycles. The van der Waals surface area contributed by atoms with Crippen molar-refractivity contribution in [2.75, 3.05) is 5.32 Å². The molecular weight excluding hydrogens is 277 g/mol. The van der Waals surface area contributed by atoms with Gasteiger partial charge in [-0.05, 0) is 42.9 Å². The Kier molecular flexibility index (Phi) is 4.46. The van der Waals surface area contributed by atoms with Crippen molar-refractivity contribution in [3.63, 3.8) is 0 Å². The molecule has 21 heavy (non-hydrogen) atoms. The highest BCUT2D eigenvalue weighted by molar-refractivity contribution is 5.53. The molecule has 114 valence electrons. The van der Waals surface area contributed by atoms with Crippen LogP contribution < -0.4 is 5.32 Å². The van der Waals surface area contributed by atoms with Gasteiger partial charge in [-0.2, -0.15) is 18.4 Å². The van der Waals surface area contributed by atoms with E-state index in [0.717, 1.165) is 25.3 Å². The van der Waals surface area contributed by atoms with Gasteiger partial charge in [-0.15, -0.1) is 0 Å². The standard InChI is InChI=1S/C16H19F3N2/c1-3-11-5-7-15(10(11)2)21-13-6-4-12(9-20)14(8-13)16(17,18)19/h4,6,8,10-11,15,21H,3,5,7H2,1-2H3. The minimum absolute atomic E-state index is 0.198. The van der Waals surface area contributed by atoms with Gasteiger partial charge in [0.05, 0.1) is 17.2 Å². The van der Waals surface area contributed by atoms with E-state index in [1.165, 1.54) is 6.07 Å². The van der Waals surface area contributed by atoms with E-state index >= 15 is 0 Å². The Bertz CT molecular complexity index is 545. The number of hydrogen-bond acceptors (Lipinski definition) is 2. The summed E-state index contributed by atoms with van der Waals surface area (Å²) >= 11 is 0. The molecule has 2 rings (SSSR count). The molecule has 0 spiro atoms. The highest BCUT2D eigenvalue weighted by Gasteiger charge is 2.35. The van der Waals surface area contributed by atoms with Gasteiger partial charge in [0.2, 0.25) is 0 Å². The second kappa shape index (κ2) is 5.97. The van der Waals surface area contributed by atoms with Crippen molar-refractivity contribution in [1.82, 2.24) is 0 Å². The minimum atomic E-state index is -4.50.